The molecule has 0 atom stereocenters. The maximum Gasteiger partial charge on any atom is 0.0495 e. The van der Waals surface area contributed by atoms with Crippen molar-refractivity contribution in [3.63, 3.8) is 0 Å². The molecule has 0 aliphatic carbocycles. The van der Waals surface area contributed by atoms with Crippen LogP contribution in [0.3, 0.4) is 0 Å². The fraction of sp³-hybridized carbons (Fsp3) is 0.143. The van der Waals surface area contributed by atoms with Crippen LogP contribution in [-0.2, 0) is 22.3 Å². The van der Waals surface area contributed by atoms with E-state index in [4.69, 9.17) is 0 Å². The van der Waals surface area contributed by atoms with Crippen molar-refractivity contribution in [1.29, 1.82) is 0 Å². The summed E-state index contributed by atoms with van der Waals surface area (Å²) in [5.41, 5.74) is 4.71. The van der Waals surface area contributed by atoms with E-state index in [1.165, 1.54) is 11.1 Å². The number of rotatable bonds is 0. The van der Waals surface area contributed by atoms with Gasteiger partial charge in [-0.25, -0.2) is 0 Å². The molecule has 3 rings (SSSR count). The first kappa shape index (κ1) is 12.6. The lowest BCUT2D eigenvalue weighted by Gasteiger charge is -2.09. The van der Waals surface area contributed by atoms with Gasteiger partial charge in [0.25, 0.3) is 0 Å². The minimum absolute atomic E-state index is 0.626. The Morgan fingerprint density at radius 2 is 1.28 bits per heavy atom. The lowest BCUT2D eigenvalue weighted by Crippen LogP contribution is -1.96. The largest absolute Gasteiger partial charge is 0.259 e. The van der Waals surface area contributed by atoms with Crippen molar-refractivity contribution >= 4 is 42.7 Å². The van der Waals surface area contributed by atoms with Gasteiger partial charge in [0, 0.05) is 31.3 Å². The molecule has 1 nitrogen and oxygen atoms in total. The molecule has 0 unspecified atom stereocenters. The summed E-state index contributed by atoms with van der Waals surface area (Å²) in [7, 11) is -0.839. The second-order valence-electron chi connectivity index (χ2n) is 4.33. The predicted octanol–water partition coefficient (Wildman–Crippen LogP) is 4.64. The summed E-state index contributed by atoms with van der Waals surface area (Å²) in [6.45, 7) is 0. The summed E-state index contributed by atoms with van der Waals surface area (Å²) in [6.07, 6.45) is 0. The molecule has 18 heavy (non-hydrogen) atoms. The van der Waals surface area contributed by atoms with Crippen molar-refractivity contribution in [2.75, 3.05) is 0 Å². The molecule has 0 bridgehead atoms. The summed E-state index contributed by atoms with van der Waals surface area (Å²) in [5, 5.41) is 0. The van der Waals surface area contributed by atoms with E-state index in [1.807, 2.05) is 12.1 Å². The summed E-state index contributed by atoms with van der Waals surface area (Å²) < 4.78 is 14.2. The third-order valence-electron chi connectivity index (χ3n) is 3.06. The zero-order valence-corrected chi connectivity index (χ0v) is 13.4. The number of halogens is 2. The third kappa shape index (κ3) is 2.33. The van der Waals surface area contributed by atoms with Gasteiger partial charge in [-0.3, -0.25) is 4.21 Å². The Hall–Kier alpha value is -0.450. The summed E-state index contributed by atoms with van der Waals surface area (Å²) >= 11 is 6.96. The number of hydrogen-bond donors (Lipinski definition) is 0. The first-order valence-corrected chi connectivity index (χ1v) is 8.63. The van der Waals surface area contributed by atoms with E-state index in [0.717, 1.165) is 20.1 Å². The van der Waals surface area contributed by atoms with Gasteiger partial charge in [0.2, 0.25) is 0 Å². The Labute approximate surface area is 125 Å². The van der Waals surface area contributed by atoms with E-state index in [9.17, 15) is 4.21 Å². The van der Waals surface area contributed by atoms with Crippen LogP contribution >= 0.6 is 31.9 Å². The number of benzene rings is 2. The zero-order chi connectivity index (χ0) is 12.7. The Bertz CT molecular complexity index is 597. The smallest absolute Gasteiger partial charge is 0.0495 e. The number of hydrogen-bond acceptors (Lipinski definition) is 1. The van der Waals surface area contributed by atoms with Gasteiger partial charge in [0.1, 0.15) is 0 Å². The molecular weight excluding hydrogens is 376 g/mol. The Morgan fingerprint density at radius 1 is 0.833 bits per heavy atom. The lowest BCUT2D eigenvalue weighted by molar-refractivity contribution is 0.682. The van der Waals surface area contributed by atoms with Crippen molar-refractivity contribution in [3.05, 3.63) is 56.5 Å². The summed E-state index contributed by atoms with van der Waals surface area (Å²) in [6, 6.07) is 12.4. The molecule has 92 valence electrons. The van der Waals surface area contributed by atoms with Crippen LogP contribution in [0.2, 0.25) is 0 Å². The van der Waals surface area contributed by atoms with E-state index in [2.05, 4.69) is 56.1 Å². The Kier molecular flexibility index (Phi) is 3.43. The van der Waals surface area contributed by atoms with Crippen LogP contribution in [0, 0.1) is 0 Å². The van der Waals surface area contributed by atoms with Crippen LogP contribution in [0.4, 0.5) is 0 Å². The van der Waals surface area contributed by atoms with Gasteiger partial charge < -0.3 is 0 Å². The van der Waals surface area contributed by atoms with Gasteiger partial charge >= 0.3 is 0 Å². The van der Waals surface area contributed by atoms with Crippen LogP contribution in [0.15, 0.2) is 45.3 Å². The average Bonchev–Trinajstić information content (AvgIpc) is 2.42. The van der Waals surface area contributed by atoms with E-state index >= 15 is 0 Å². The molecule has 4 heteroatoms. The molecule has 0 N–H and O–H groups in total. The van der Waals surface area contributed by atoms with Crippen LogP contribution in [0.25, 0.3) is 11.1 Å². The molecule has 0 spiro atoms. The maximum atomic E-state index is 12.1. The van der Waals surface area contributed by atoms with E-state index in [1.54, 1.807) is 0 Å². The minimum atomic E-state index is -0.839. The van der Waals surface area contributed by atoms with Crippen molar-refractivity contribution in [2.45, 2.75) is 11.5 Å². The SMILES string of the molecule is O=S1Cc2cc(Br)ccc2-c2ccc(Br)cc2C1. The Balaban J connectivity index is 2.28. The van der Waals surface area contributed by atoms with Gasteiger partial charge in [-0.2, -0.15) is 0 Å². The molecule has 0 aromatic heterocycles. The standard InChI is InChI=1S/C14H10Br2OS/c15-11-1-3-13-9(5-11)7-18(17)8-10-6-12(16)2-4-14(10)13/h1-6H,7-8H2. The molecule has 2 aromatic carbocycles. The highest BCUT2D eigenvalue weighted by Crippen LogP contribution is 2.35. The summed E-state index contributed by atoms with van der Waals surface area (Å²) in [4.78, 5) is 0. The van der Waals surface area contributed by atoms with Crippen molar-refractivity contribution in [3.8, 4) is 11.1 Å². The molecule has 0 saturated carbocycles. The van der Waals surface area contributed by atoms with Crippen LogP contribution in [-0.4, -0.2) is 4.21 Å². The van der Waals surface area contributed by atoms with Crippen molar-refractivity contribution < 1.29 is 4.21 Å². The molecule has 0 saturated heterocycles. The second kappa shape index (κ2) is 4.91. The van der Waals surface area contributed by atoms with Gasteiger partial charge in [-0.1, -0.05) is 44.0 Å². The average molecular weight is 386 g/mol. The fourth-order valence-electron chi connectivity index (χ4n) is 2.29. The van der Waals surface area contributed by atoms with E-state index < -0.39 is 10.8 Å². The van der Waals surface area contributed by atoms with Gasteiger partial charge in [-0.15, -0.1) is 0 Å². The van der Waals surface area contributed by atoms with Crippen LogP contribution in [0.5, 0.6) is 0 Å². The van der Waals surface area contributed by atoms with Crippen molar-refractivity contribution in [2.24, 2.45) is 0 Å². The van der Waals surface area contributed by atoms with Gasteiger partial charge in [0.05, 0.1) is 0 Å². The molecule has 1 aliphatic rings. The fourth-order valence-corrected chi connectivity index (χ4v) is 4.38. The molecule has 0 radical (unpaired) electrons. The van der Waals surface area contributed by atoms with E-state index in [0.29, 0.717) is 11.5 Å². The van der Waals surface area contributed by atoms with Gasteiger partial charge in [-0.05, 0) is 46.5 Å². The van der Waals surface area contributed by atoms with E-state index in [-0.39, 0.29) is 0 Å². The monoisotopic (exact) mass is 384 g/mol. The predicted molar refractivity (Wildman–Crippen MR) is 82.8 cm³/mol. The highest BCUT2D eigenvalue weighted by Gasteiger charge is 2.18. The third-order valence-corrected chi connectivity index (χ3v) is 5.31. The number of fused-ring (bicyclic) bond motifs is 3. The Morgan fingerprint density at radius 3 is 1.72 bits per heavy atom. The van der Waals surface area contributed by atoms with Crippen LogP contribution in [0.1, 0.15) is 11.1 Å². The maximum absolute atomic E-state index is 12.1. The van der Waals surface area contributed by atoms with Crippen molar-refractivity contribution in [1.82, 2.24) is 0 Å². The molecular formula is C14H10Br2OS. The molecule has 1 heterocycles. The van der Waals surface area contributed by atoms with Gasteiger partial charge in [0.15, 0.2) is 0 Å². The molecule has 2 aromatic rings. The quantitative estimate of drug-likeness (QED) is 0.645. The first-order chi connectivity index (χ1) is 8.63. The van der Waals surface area contributed by atoms with Crippen LogP contribution < -0.4 is 0 Å². The molecule has 0 amide bonds. The zero-order valence-electron chi connectivity index (χ0n) is 9.45. The normalized spacial score (nSPS) is 14.8. The summed E-state index contributed by atoms with van der Waals surface area (Å²) in [5.74, 6) is 1.25. The molecule has 1 aliphatic heterocycles. The highest BCUT2D eigenvalue weighted by atomic mass is 79.9. The highest BCUT2D eigenvalue weighted by molar-refractivity contribution is 9.10. The first-order valence-electron chi connectivity index (χ1n) is 5.56. The minimum Gasteiger partial charge on any atom is -0.259 e. The molecule has 0 fully saturated rings. The second-order valence-corrected chi connectivity index (χ2v) is 7.62. The lowest BCUT2D eigenvalue weighted by atomic mass is 9.97. The topological polar surface area (TPSA) is 17.1 Å².